The maximum absolute atomic E-state index is 11.0. The Morgan fingerprint density at radius 3 is 3.10 bits per heavy atom. The van der Waals surface area contributed by atoms with E-state index >= 15 is 0 Å². The fourth-order valence-corrected chi connectivity index (χ4v) is 1.11. The Morgan fingerprint density at radius 1 is 1.80 bits per heavy atom. The minimum absolute atomic E-state index is 0.127. The van der Waals surface area contributed by atoms with Crippen LogP contribution in [0.15, 0.2) is 12.7 Å². The average molecular weight is 140 g/mol. The number of ketones is 1. The lowest BCUT2D eigenvalue weighted by atomic mass is 10.1. The number of hydrogen-bond acceptors (Lipinski definition) is 2. The van der Waals surface area contributed by atoms with E-state index in [0.717, 1.165) is 19.4 Å². The molecule has 10 heavy (non-hydrogen) atoms. The molecule has 1 rings (SSSR count). The molecule has 2 heteroatoms. The molecule has 0 radical (unpaired) electrons. The van der Waals surface area contributed by atoms with Gasteiger partial charge in [-0.1, -0.05) is 6.08 Å². The lowest BCUT2D eigenvalue weighted by molar-refractivity contribution is -0.126. The number of carbonyl (C=O) groups excluding carboxylic acids is 1. The molecule has 1 aliphatic heterocycles. The van der Waals surface area contributed by atoms with Crippen LogP contribution in [0, 0.1) is 0 Å². The summed E-state index contributed by atoms with van der Waals surface area (Å²) in [6.45, 7) is 4.24. The van der Waals surface area contributed by atoms with E-state index in [2.05, 4.69) is 6.58 Å². The number of Topliss-reactive ketones (excluding diaryl/α,β-unsaturated/α-hetero) is 1. The second-order valence-electron chi connectivity index (χ2n) is 2.46. The molecule has 56 valence electrons. The van der Waals surface area contributed by atoms with E-state index in [4.69, 9.17) is 4.74 Å². The summed E-state index contributed by atoms with van der Waals surface area (Å²) in [5, 5.41) is 0. The minimum atomic E-state index is -0.127. The van der Waals surface area contributed by atoms with Gasteiger partial charge in [0.25, 0.3) is 0 Å². The third-order valence-electron chi connectivity index (χ3n) is 1.63. The van der Waals surface area contributed by atoms with Crippen LogP contribution < -0.4 is 0 Å². The Kier molecular flexibility index (Phi) is 2.63. The third kappa shape index (κ3) is 1.67. The molecular formula is C8H12O2. The predicted octanol–water partition coefficient (Wildman–Crippen LogP) is 1.31. The van der Waals surface area contributed by atoms with Gasteiger partial charge in [0.05, 0.1) is 0 Å². The largest absolute Gasteiger partial charge is 0.370 e. The maximum Gasteiger partial charge on any atom is 0.165 e. The molecule has 1 saturated heterocycles. The highest BCUT2D eigenvalue weighted by Gasteiger charge is 2.21. The van der Waals surface area contributed by atoms with Gasteiger partial charge in [-0.25, -0.2) is 0 Å². The first-order valence-electron chi connectivity index (χ1n) is 3.60. The van der Waals surface area contributed by atoms with Crippen LogP contribution in [0.3, 0.4) is 0 Å². The summed E-state index contributed by atoms with van der Waals surface area (Å²) in [7, 11) is 0. The van der Waals surface area contributed by atoms with Gasteiger partial charge in [-0.2, -0.15) is 0 Å². The summed E-state index contributed by atoms with van der Waals surface area (Å²) in [6.07, 6.45) is 3.87. The van der Waals surface area contributed by atoms with Gasteiger partial charge in [-0.05, 0) is 12.8 Å². The Morgan fingerprint density at radius 2 is 2.60 bits per heavy atom. The van der Waals surface area contributed by atoms with Gasteiger partial charge in [0.2, 0.25) is 0 Å². The molecule has 0 aromatic carbocycles. The zero-order chi connectivity index (χ0) is 7.40. The summed E-state index contributed by atoms with van der Waals surface area (Å²) in [6, 6.07) is 0. The van der Waals surface area contributed by atoms with Gasteiger partial charge in [0.1, 0.15) is 6.10 Å². The number of ether oxygens (including phenoxy) is 1. The van der Waals surface area contributed by atoms with Crippen molar-refractivity contribution in [3.63, 3.8) is 0 Å². The molecule has 0 aromatic heterocycles. The van der Waals surface area contributed by atoms with Crippen LogP contribution in [-0.2, 0) is 9.53 Å². The van der Waals surface area contributed by atoms with E-state index in [1.165, 1.54) is 0 Å². The Balaban J connectivity index is 2.32. The Hall–Kier alpha value is -0.630. The zero-order valence-corrected chi connectivity index (χ0v) is 6.01. The fourth-order valence-electron chi connectivity index (χ4n) is 1.11. The second-order valence-corrected chi connectivity index (χ2v) is 2.46. The van der Waals surface area contributed by atoms with Crippen molar-refractivity contribution >= 4 is 5.78 Å². The summed E-state index contributed by atoms with van der Waals surface area (Å²) in [5.41, 5.74) is 0. The molecule has 0 N–H and O–H groups in total. The van der Waals surface area contributed by atoms with Crippen molar-refractivity contribution in [1.29, 1.82) is 0 Å². The molecule has 1 aliphatic rings. The first kappa shape index (κ1) is 7.48. The minimum Gasteiger partial charge on any atom is -0.370 e. The van der Waals surface area contributed by atoms with E-state index in [-0.39, 0.29) is 11.9 Å². The van der Waals surface area contributed by atoms with Crippen LogP contribution in [0.25, 0.3) is 0 Å². The first-order valence-corrected chi connectivity index (χ1v) is 3.60. The number of rotatable bonds is 3. The highest BCUT2D eigenvalue weighted by Crippen LogP contribution is 2.13. The number of hydrogen-bond donors (Lipinski definition) is 0. The van der Waals surface area contributed by atoms with Crippen molar-refractivity contribution < 1.29 is 9.53 Å². The van der Waals surface area contributed by atoms with Crippen LogP contribution in [0.4, 0.5) is 0 Å². The molecule has 0 bridgehead atoms. The molecule has 0 aromatic rings. The van der Waals surface area contributed by atoms with Crippen LogP contribution in [0.5, 0.6) is 0 Å². The zero-order valence-electron chi connectivity index (χ0n) is 6.01. The molecule has 0 aliphatic carbocycles. The van der Waals surface area contributed by atoms with Gasteiger partial charge in [0.15, 0.2) is 5.78 Å². The standard InChI is InChI=1S/C8H12O2/c1-2-4-7(9)8-5-3-6-10-8/h2,8H,1,3-6H2. The molecule has 1 heterocycles. The molecule has 1 fully saturated rings. The van der Waals surface area contributed by atoms with Gasteiger partial charge in [0, 0.05) is 13.0 Å². The predicted molar refractivity (Wildman–Crippen MR) is 38.8 cm³/mol. The lowest BCUT2D eigenvalue weighted by Gasteiger charge is -2.04. The average Bonchev–Trinajstić information content (AvgIpc) is 2.38. The van der Waals surface area contributed by atoms with E-state index in [1.54, 1.807) is 6.08 Å². The third-order valence-corrected chi connectivity index (χ3v) is 1.63. The van der Waals surface area contributed by atoms with Gasteiger partial charge >= 0.3 is 0 Å². The monoisotopic (exact) mass is 140 g/mol. The highest BCUT2D eigenvalue weighted by molar-refractivity contribution is 5.84. The van der Waals surface area contributed by atoms with E-state index < -0.39 is 0 Å². The van der Waals surface area contributed by atoms with Crippen molar-refractivity contribution in [2.24, 2.45) is 0 Å². The van der Waals surface area contributed by atoms with Crippen molar-refractivity contribution in [2.75, 3.05) is 6.61 Å². The summed E-state index contributed by atoms with van der Waals surface area (Å²) >= 11 is 0. The SMILES string of the molecule is C=CCC(=O)C1CCCO1. The van der Waals surface area contributed by atoms with Crippen LogP contribution in [0.1, 0.15) is 19.3 Å². The summed E-state index contributed by atoms with van der Waals surface area (Å²) in [4.78, 5) is 11.0. The van der Waals surface area contributed by atoms with Gasteiger partial charge in [-0.15, -0.1) is 6.58 Å². The summed E-state index contributed by atoms with van der Waals surface area (Å²) in [5.74, 6) is 0.174. The lowest BCUT2D eigenvalue weighted by Crippen LogP contribution is -2.17. The quantitative estimate of drug-likeness (QED) is 0.552. The smallest absolute Gasteiger partial charge is 0.165 e. The van der Waals surface area contributed by atoms with Crippen molar-refractivity contribution in [3.05, 3.63) is 12.7 Å². The van der Waals surface area contributed by atoms with Crippen molar-refractivity contribution in [1.82, 2.24) is 0 Å². The van der Waals surface area contributed by atoms with E-state index in [9.17, 15) is 4.79 Å². The molecule has 0 spiro atoms. The Bertz CT molecular complexity index is 134. The maximum atomic E-state index is 11.0. The number of carbonyl (C=O) groups is 1. The van der Waals surface area contributed by atoms with Crippen molar-refractivity contribution in [2.45, 2.75) is 25.4 Å². The fraction of sp³-hybridized carbons (Fsp3) is 0.625. The molecular weight excluding hydrogens is 128 g/mol. The van der Waals surface area contributed by atoms with Gasteiger partial charge in [-0.3, -0.25) is 4.79 Å². The van der Waals surface area contributed by atoms with E-state index in [0.29, 0.717) is 6.42 Å². The van der Waals surface area contributed by atoms with Crippen LogP contribution >= 0.6 is 0 Å². The first-order chi connectivity index (χ1) is 4.84. The van der Waals surface area contributed by atoms with Crippen LogP contribution in [-0.4, -0.2) is 18.5 Å². The molecule has 0 saturated carbocycles. The summed E-state index contributed by atoms with van der Waals surface area (Å²) < 4.78 is 5.17. The Labute approximate surface area is 60.9 Å². The number of allylic oxidation sites excluding steroid dienone is 1. The molecule has 1 unspecified atom stereocenters. The second kappa shape index (κ2) is 3.52. The van der Waals surface area contributed by atoms with E-state index in [1.807, 2.05) is 0 Å². The van der Waals surface area contributed by atoms with Gasteiger partial charge < -0.3 is 4.74 Å². The molecule has 0 amide bonds. The molecule has 2 nitrogen and oxygen atoms in total. The highest BCUT2D eigenvalue weighted by atomic mass is 16.5. The van der Waals surface area contributed by atoms with Crippen LogP contribution in [0.2, 0.25) is 0 Å². The molecule has 1 atom stereocenters. The van der Waals surface area contributed by atoms with Crippen molar-refractivity contribution in [3.8, 4) is 0 Å². The normalized spacial score (nSPS) is 24.6. The topological polar surface area (TPSA) is 26.3 Å².